The van der Waals surface area contributed by atoms with Gasteiger partial charge >= 0.3 is 0 Å². The van der Waals surface area contributed by atoms with Gasteiger partial charge in [0.15, 0.2) is 9.84 Å². The molecule has 1 fully saturated rings. The first kappa shape index (κ1) is 11.9. The molecule has 1 aliphatic heterocycles. The maximum Gasteiger partial charge on any atom is 0.151 e. The number of hydrogen-bond donors (Lipinski definition) is 1. The van der Waals surface area contributed by atoms with Gasteiger partial charge < -0.3 is 10.6 Å². The average Bonchev–Trinajstić information content (AvgIpc) is 2.41. The van der Waals surface area contributed by atoms with Crippen molar-refractivity contribution in [2.24, 2.45) is 5.73 Å². The van der Waals surface area contributed by atoms with Crippen LogP contribution in [0.25, 0.3) is 0 Å². The SMILES string of the molecule is CN(CCC(N)=S)C1CCS(=O)(=O)C1. The summed E-state index contributed by atoms with van der Waals surface area (Å²) in [7, 11) is -0.864. The lowest BCUT2D eigenvalue weighted by Crippen LogP contribution is -2.34. The van der Waals surface area contributed by atoms with Crippen molar-refractivity contribution in [2.75, 3.05) is 25.1 Å². The van der Waals surface area contributed by atoms with Gasteiger partial charge in [0, 0.05) is 19.0 Å². The van der Waals surface area contributed by atoms with Crippen molar-refractivity contribution < 1.29 is 8.42 Å². The number of nitrogens with two attached hydrogens (primary N) is 1. The zero-order valence-corrected chi connectivity index (χ0v) is 9.90. The van der Waals surface area contributed by atoms with E-state index in [0.717, 1.165) is 13.0 Å². The van der Waals surface area contributed by atoms with E-state index < -0.39 is 9.84 Å². The Morgan fingerprint density at radius 3 is 2.71 bits per heavy atom. The minimum Gasteiger partial charge on any atom is -0.393 e. The third-order valence-corrected chi connectivity index (χ3v) is 4.50. The highest BCUT2D eigenvalue weighted by Gasteiger charge is 2.30. The Balaban J connectivity index is 2.39. The highest BCUT2D eigenvalue weighted by Crippen LogP contribution is 2.16. The molecule has 0 aliphatic carbocycles. The minimum atomic E-state index is -2.78. The summed E-state index contributed by atoms with van der Waals surface area (Å²) >= 11 is 4.77. The molecule has 1 heterocycles. The van der Waals surface area contributed by atoms with Gasteiger partial charge in [-0.25, -0.2) is 8.42 Å². The maximum absolute atomic E-state index is 11.2. The second kappa shape index (κ2) is 4.55. The third-order valence-electron chi connectivity index (χ3n) is 2.54. The summed E-state index contributed by atoms with van der Waals surface area (Å²) in [4.78, 5) is 2.52. The van der Waals surface area contributed by atoms with Crippen molar-refractivity contribution in [1.29, 1.82) is 0 Å². The molecule has 1 unspecified atom stereocenters. The van der Waals surface area contributed by atoms with Gasteiger partial charge in [-0.05, 0) is 13.5 Å². The van der Waals surface area contributed by atoms with Crippen molar-refractivity contribution in [3.63, 3.8) is 0 Å². The second-order valence-electron chi connectivity index (χ2n) is 3.75. The number of sulfone groups is 1. The van der Waals surface area contributed by atoms with Crippen molar-refractivity contribution in [2.45, 2.75) is 18.9 Å². The molecule has 0 spiro atoms. The fraction of sp³-hybridized carbons (Fsp3) is 0.875. The minimum absolute atomic E-state index is 0.148. The lowest BCUT2D eigenvalue weighted by molar-refractivity contribution is 0.269. The van der Waals surface area contributed by atoms with Crippen LogP contribution >= 0.6 is 12.2 Å². The fourth-order valence-electron chi connectivity index (χ4n) is 1.59. The van der Waals surface area contributed by atoms with E-state index >= 15 is 0 Å². The monoisotopic (exact) mass is 236 g/mol. The Morgan fingerprint density at radius 2 is 2.29 bits per heavy atom. The van der Waals surface area contributed by atoms with E-state index in [4.69, 9.17) is 18.0 Å². The number of rotatable bonds is 4. The molecule has 4 nitrogen and oxygen atoms in total. The normalized spacial score (nSPS) is 25.4. The van der Waals surface area contributed by atoms with Gasteiger partial charge in [0.1, 0.15) is 0 Å². The molecule has 1 rings (SSSR count). The fourth-order valence-corrected chi connectivity index (χ4v) is 3.49. The van der Waals surface area contributed by atoms with E-state index in [2.05, 4.69) is 0 Å². The molecular weight excluding hydrogens is 220 g/mol. The van der Waals surface area contributed by atoms with Crippen LogP contribution in [0.1, 0.15) is 12.8 Å². The summed E-state index contributed by atoms with van der Waals surface area (Å²) < 4.78 is 22.4. The summed E-state index contributed by atoms with van der Waals surface area (Å²) in [5.74, 6) is 0.593. The maximum atomic E-state index is 11.2. The summed E-state index contributed by atoms with van der Waals surface area (Å²) in [5.41, 5.74) is 5.38. The van der Waals surface area contributed by atoms with Crippen LogP contribution in [0.3, 0.4) is 0 Å². The van der Waals surface area contributed by atoms with Crippen LogP contribution < -0.4 is 5.73 Å². The largest absolute Gasteiger partial charge is 0.393 e. The number of thiocarbonyl (C=S) groups is 1. The Kier molecular flexibility index (Phi) is 3.86. The van der Waals surface area contributed by atoms with Crippen molar-refractivity contribution in [3.8, 4) is 0 Å². The Morgan fingerprint density at radius 1 is 1.64 bits per heavy atom. The first-order valence-corrected chi connectivity index (χ1v) is 6.82. The first-order valence-electron chi connectivity index (χ1n) is 4.60. The first-order chi connectivity index (χ1) is 6.41. The Labute approximate surface area is 90.4 Å². The van der Waals surface area contributed by atoms with Gasteiger partial charge in [-0.1, -0.05) is 12.2 Å². The molecule has 6 heteroatoms. The van der Waals surface area contributed by atoms with Crippen LogP contribution in [0.4, 0.5) is 0 Å². The van der Waals surface area contributed by atoms with Crippen molar-refractivity contribution in [1.82, 2.24) is 4.90 Å². The topological polar surface area (TPSA) is 63.4 Å². The average molecular weight is 236 g/mol. The molecule has 1 atom stereocenters. The van der Waals surface area contributed by atoms with E-state index in [-0.39, 0.29) is 11.8 Å². The highest BCUT2D eigenvalue weighted by atomic mass is 32.2. The second-order valence-corrected chi connectivity index (χ2v) is 6.51. The van der Waals surface area contributed by atoms with Gasteiger partial charge in [-0.3, -0.25) is 0 Å². The summed E-state index contributed by atoms with van der Waals surface area (Å²) in [6, 6.07) is 0.148. The molecule has 0 aromatic heterocycles. The smallest absolute Gasteiger partial charge is 0.151 e. The van der Waals surface area contributed by atoms with Crippen LogP contribution in [-0.4, -0.2) is 49.4 Å². The quantitative estimate of drug-likeness (QED) is 0.684. The molecule has 82 valence electrons. The number of hydrogen-bond acceptors (Lipinski definition) is 4. The van der Waals surface area contributed by atoms with E-state index in [1.807, 2.05) is 11.9 Å². The van der Waals surface area contributed by atoms with Crippen LogP contribution in [0.5, 0.6) is 0 Å². The summed E-state index contributed by atoms with van der Waals surface area (Å²) in [6.07, 6.45) is 1.39. The van der Waals surface area contributed by atoms with E-state index in [1.54, 1.807) is 0 Å². The van der Waals surface area contributed by atoms with Gasteiger partial charge in [0.05, 0.1) is 16.5 Å². The lowest BCUT2D eigenvalue weighted by Gasteiger charge is -2.22. The summed E-state index contributed by atoms with van der Waals surface area (Å²) in [5, 5.41) is 0. The third kappa shape index (κ3) is 3.51. The van der Waals surface area contributed by atoms with Crippen molar-refractivity contribution in [3.05, 3.63) is 0 Å². The predicted octanol–water partition coefficient (Wildman–Crippen LogP) is -0.218. The molecule has 0 bridgehead atoms. The molecule has 14 heavy (non-hydrogen) atoms. The van der Waals surface area contributed by atoms with Gasteiger partial charge in [-0.2, -0.15) is 0 Å². The molecule has 0 aromatic rings. The molecule has 0 radical (unpaired) electrons. The predicted molar refractivity (Wildman–Crippen MR) is 61.1 cm³/mol. The molecule has 0 saturated carbocycles. The molecule has 1 saturated heterocycles. The Bertz CT molecular complexity index is 313. The Hall–Kier alpha value is -0.200. The lowest BCUT2D eigenvalue weighted by atomic mass is 10.2. The van der Waals surface area contributed by atoms with Crippen LogP contribution in [0.2, 0.25) is 0 Å². The zero-order valence-electron chi connectivity index (χ0n) is 8.27. The molecule has 0 aromatic carbocycles. The molecule has 1 aliphatic rings. The van der Waals surface area contributed by atoms with E-state index in [9.17, 15) is 8.42 Å². The molecule has 0 amide bonds. The standard InChI is InChI=1S/C8H16N2O2S2/c1-10(4-2-8(9)13)7-3-5-14(11,12)6-7/h7H,2-6H2,1H3,(H2,9,13). The van der Waals surface area contributed by atoms with E-state index in [1.165, 1.54) is 0 Å². The molecule has 2 N–H and O–H groups in total. The van der Waals surface area contributed by atoms with E-state index in [0.29, 0.717) is 17.2 Å². The number of nitrogens with zero attached hydrogens (tertiary/aromatic N) is 1. The van der Waals surface area contributed by atoms with Gasteiger partial charge in [0.25, 0.3) is 0 Å². The van der Waals surface area contributed by atoms with Gasteiger partial charge in [0.2, 0.25) is 0 Å². The van der Waals surface area contributed by atoms with Crippen molar-refractivity contribution >= 4 is 27.0 Å². The van der Waals surface area contributed by atoms with Crippen LogP contribution in [0.15, 0.2) is 0 Å². The van der Waals surface area contributed by atoms with Crippen LogP contribution in [0, 0.1) is 0 Å². The summed E-state index contributed by atoms with van der Waals surface area (Å²) in [6.45, 7) is 0.746. The molecular formula is C8H16N2O2S2. The zero-order chi connectivity index (χ0) is 10.8. The van der Waals surface area contributed by atoms with Crippen LogP contribution in [-0.2, 0) is 9.84 Å². The van der Waals surface area contributed by atoms with Gasteiger partial charge in [-0.15, -0.1) is 0 Å². The highest BCUT2D eigenvalue weighted by molar-refractivity contribution is 7.91.